The molecule has 0 aromatic rings. The maximum absolute atomic E-state index is 14.7. The molecule has 62 heavy (non-hydrogen) atoms. The van der Waals surface area contributed by atoms with Gasteiger partial charge >= 0.3 is 5.97 Å². The lowest BCUT2D eigenvalue weighted by Crippen LogP contribution is -2.66. The molecule has 0 radical (unpaired) electrons. The Balaban J connectivity index is 1.01. The molecule has 0 bridgehead atoms. The summed E-state index contributed by atoms with van der Waals surface area (Å²) >= 11 is 0. The van der Waals surface area contributed by atoms with Gasteiger partial charge in [0.15, 0.2) is 12.6 Å². The van der Waals surface area contributed by atoms with E-state index in [0.717, 1.165) is 38.5 Å². The lowest BCUT2D eigenvalue weighted by molar-refractivity contribution is -0.346. The number of ether oxygens (including phenoxy) is 6. The van der Waals surface area contributed by atoms with Crippen LogP contribution in [0.15, 0.2) is 11.6 Å². The largest absolute Gasteiger partial charge is 0.432 e. The average Bonchev–Trinajstić information content (AvgIpc) is 3.22. The van der Waals surface area contributed by atoms with Crippen LogP contribution in [0.4, 0.5) is 0 Å². The molecule has 3 heterocycles. The number of rotatable bonds is 7. The van der Waals surface area contributed by atoms with Crippen molar-refractivity contribution in [1.82, 2.24) is 0 Å². The molecule has 0 spiro atoms. The Labute approximate surface area is 364 Å². The summed E-state index contributed by atoms with van der Waals surface area (Å²) in [6, 6.07) is 0. The third-order valence-electron chi connectivity index (χ3n) is 18.9. The van der Waals surface area contributed by atoms with E-state index >= 15 is 0 Å². The Morgan fingerprint density at radius 3 is 2.06 bits per heavy atom. The van der Waals surface area contributed by atoms with Gasteiger partial charge in [-0.2, -0.15) is 0 Å². The van der Waals surface area contributed by atoms with Crippen LogP contribution in [0.1, 0.15) is 106 Å². The number of hydrogen-bond acceptors (Lipinski definition) is 16. The first-order valence-electron chi connectivity index (χ1n) is 23.2. The quantitative estimate of drug-likeness (QED) is 0.0992. The Morgan fingerprint density at radius 2 is 1.37 bits per heavy atom. The van der Waals surface area contributed by atoms with Crippen LogP contribution >= 0.6 is 0 Å². The highest BCUT2D eigenvalue weighted by molar-refractivity contribution is 5.79. The van der Waals surface area contributed by atoms with E-state index in [9.17, 15) is 50.8 Å². The van der Waals surface area contributed by atoms with Crippen LogP contribution in [0, 0.1) is 56.7 Å². The smallest absolute Gasteiger partial charge is 0.315 e. The zero-order valence-electron chi connectivity index (χ0n) is 37.4. The van der Waals surface area contributed by atoms with Crippen molar-refractivity contribution < 1.29 is 79.2 Å². The predicted molar refractivity (Wildman–Crippen MR) is 218 cm³/mol. The molecule has 7 fully saturated rings. The number of allylic oxidation sites excluding steroid dienone is 2. The van der Waals surface area contributed by atoms with E-state index in [1.807, 2.05) is 0 Å². The Bertz CT molecular complexity index is 1680. The van der Waals surface area contributed by atoms with Crippen molar-refractivity contribution in [2.75, 3.05) is 19.8 Å². The molecule has 354 valence electrons. The van der Waals surface area contributed by atoms with Crippen molar-refractivity contribution >= 4 is 5.97 Å². The van der Waals surface area contributed by atoms with E-state index in [-0.39, 0.29) is 58.7 Å². The second kappa shape index (κ2) is 16.8. The Kier molecular flexibility index (Phi) is 12.7. The molecule has 3 aliphatic heterocycles. The zero-order valence-corrected chi connectivity index (χ0v) is 37.4. The fourth-order valence-electron chi connectivity index (χ4n) is 14.7. The van der Waals surface area contributed by atoms with Crippen LogP contribution in [0.5, 0.6) is 0 Å². The van der Waals surface area contributed by atoms with Crippen LogP contribution in [0.3, 0.4) is 0 Å². The molecule has 8 aliphatic rings. The number of fused-ring (bicyclic) bond motifs is 7. The molecule has 16 nitrogen and oxygen atoms in total. The lowest BCUT2D eigenvalue weighted by atomic mass is 9.33. The van der Waals surface area contributed by atoms with Crippen LogP contribution in [-0.2, 0) is 33.2 Å². The average molecular weight is 883 g/mol. The van der Waals surface area contributed by atoms with Crippen LogP contribution < -0.4 is 0 Å². The van der Waals surface area contributed by atoms with E-state index in [0.29, 0.717) is 31.1 Å². The van der Waals surface area contributed by atoms with Gasteiger partial charge in [-0.1, -0.05) is 60.1 Å². The van der Waals surface area contributed by atoms with Gasteiger partial charge in [0.25, 0.3) is 0 Å². The van der Waals surface area contributed by atoms with Gasteiger partial charge in [-0.3, -0.25) is 4.79 Å². The third-order valence-corrected chi connectivity index (χ3v) is 18.9. The lowest BCUT2D eigenvalue weighted by Gasteiger charge is -2.71. The monoisotopic (exact) mass is 882 g/mol. The van der Waals surface area contributed by atoms with Gasteiger partial charge in [0.2, 0.25) is 6.29 Å². The zero-order chi connectivity index (χ0) is 45.1. The summed E-state index contributed by atoms with van der Waals surface area (Å²) in [6.07, 6.45) is -9.07. The number of carbonyl (C=O) groups is 1. The second-order valence-corrected chi connectivity index (χ2v) is 22.0. The van der Waals surface area contributed by atoms with Gasteiger partial charge in [0.1, 0.15) is 61.0 Å². The van der Waals surface area contributed by atoms with E-state index in [2.05, 4.69) is 54.5 Å². The maximum Gasteiger partial charge on any atom is 0.315 e. The van der Waals surface area contributed by atoms with Gasteiger partial charge in [0, 0.05) is 0 Å². The van der Waals surface area contributed by atoms with E-state index in [4.69, 9.17) is 28.4 Å². The van der Waals surface area contributed by atoms with E-state index < -0.39 is 97.9 Å². The molecule has 16 heteroatoms. The second-order valence-electron chi connectivity index (χ2n) is 22.0. The highest BCUT2D eigenvalue weighted by Gasteiger charge is 2.70. The first-order valence-corrected chi connectivity index (χ1v) is 23.2. The van der Waals surface area contributed by atoms with Gasteiger partial charge in [-0.05, 0) is 109 Å². The SMILES string of the molecule is CC1CCC2(C(=O)OC3OC(CO)C(O)C(O)C3O)CCC3(C)C(=CCC4C5(C)CCC(OC6OCC(O)C(OC7OCC(O)C(O)C7O)C6O)C(C)(C)C5CCC43C)C2C1C. The molecule has 3 saturated heterocycles. The van der Waals surface area contributed by atoms with Crippen molar-refractivity contribution in [3.8, 4) is 0 Å². The molecule has 4 saturated carbocycles. The highest BCUT2D eigenvalue weighted by Crippen LogP contribution is 2.76. The minimum atomic E-state index is -1.67. The third kappa shape index (κ3) is 7.10. The van der Waals surface area contributed by atoms with Crippen LogP contribution in [-0.4, -0.2) is 158 Å². The summed E-state index contributed by atoms with van der Waals surface area (Å²) in [6.45, 7) is 15.2. The number of aliphatic hydroxyl groups is 9. The normalized spacial score (nSPS) is 55.1. The Morgan fingerprint density at radius 1 is 0.710 bits per heavy atom. The fourth-order valence-corrected chi connectivity index (χ4v) is 14.7. The molecule has 8 rings (SSSR count). The van der Waals surface area contributed by atoms with E-state index in [1.165, 1.54) is 5.57 Å². The fraction of sp³-hybridized carbons (Fsp3) is 0.935. The number of carbonyl (C=O) groups excluding carboxylic acids is 1. The molecule has 9 N–H and O–H groups in total. The van der Waals surface area contributed by atoms with Gasteiger partial charge in [-0.15, -0.1) is 0 Å². The summed E-state index contributed by atoms with van der Waals surface area (Å²) in [4.78, 5) is 14.7. The maximum atomic E-state index is 14.7. The predicted octanol–water partition coefficient (Wildman–Crippen LogP) is 1.27. The standard InChI is InChI=1S/C46H74O16/c1-21-10-15-46(41(56)62-40-35(54)33(52)32(51)26(18-47)59-40)17-16-44(6)23(30(46)22(21)2)8-9-28-43(5)13-12-29(42(3,4)27(43)11-14-45(28,44)7)60-39-36(55)37(25(49)20-58-39)61-38-34(53)31(50)24(48)19-57-38/h8,21-22,24-40,47-55H,9-20H2,1-7H3. The molecule has 0 aromatic carbocycles. The molecule has 0 amide bonds. The highest BCUT2D eigenvalue weighted by atomic mass is 16.7. The molecular weight excluding hydrogens is 808 g/mol. The summed E-state index contributed by atoms with van der Waals surface area (Å²) < 4.78 is 35.5. The summed E-state index contributed by atoms with van der Waals surface area (Å²) in [7, 11) is 0. The van der Waals surface area contributed by atoms with Crippen molar-refractivity contribution in [3.63, 3.8) is 0 Å². The van der Waals surface area contributed by atoms with Crippen molar-refractivity contribution in [2.24, 2.45) is 56.7 Å². The minimum Gasteiger partial charge on any atom is -0.432 e. The summed E-state index contributed by atoms with van der Waals surface area (Å²) in [5, 5.41) is 94.3. The molecular formula is C46H74O16. The first-order chi connectivity index (χ1) is 29.1. The molecule has 0 aromatic heterocycles. The number of esters is 1. The molecule has 23 unspecified atom stereocenters. The van der Waals surface area contributed by atoms with Gasteiger partial charge in [-0.25, -0.2) is 0 Å². The van der Waals surface area contributed by atoms with Gasteiger partial charge in [0.05, 0.1) is 31.3 Å². The number of hydrogen-bond donors (Lipinski definition) is 9. The topological polar surface area (TPSA) is 255 Å². The van der Waals surface area contributed by atoms with E-state index in [1.54, 1.807) is 0 Å². The molecule has 23 atom stereocenters. The Hall–Kier alpha value is -1.35. The minimum absolute atomic E-state index is 0.0722. The first kappa shape index (κ1) is 47.2. The van der Waals surface area contributed by atoms with Crippen molar-refractivity contribution in [3.05, 3.63) is 11.6 Å². The van der Waals surface area contributed by atoms with Crippen LogP contribution in [0.2, 0.25) is 0 Å². The van der Waals surface area contributed by atoms with Crippen LogP contribution in [0.25, 0.3) is 0 Å². The summed E-state index contributed by atoms with van der Waals surface area (Å²) in [5.41, 5.74) is -0.276. The number of aliphatic hydroxyl groups excluding tert-OH is 9. The summed E-state index contributed by atoms with van der Waals surface area (Å²) in [5.74, 6) is 0.537. The molecule has 5 aliphatic carbocycles. The van der Waals surface area contributed by atoms with Crippen molar-refractivity contribution in [2.45, 2.75) is 192 Å². The van der Waals surface area contributed by atoms with Gasteiger partial charge < -0.3 is 74.4 Å². The van der Waals surface area contributed by atoms with Crippen molar-refractivity contribution in [1.29, 1.82) is 0 Å².